The van der Waals surface area contributed by atoms with Crippen molar-refractivity contribution in [1.29, 1.82) is 0 Å². The molecule has 1 heterocycles. The molecule has 7 heteroatoms. The number of hydrogen-bond donors (Lipinski definition) is 1. The SMILES string of the molecule is CCOC(=O)C(Cc1cccnc1)(NC(C)=O)C(=O)[O-]. The minimum absolute atomic E-state index is 0.0134. The Labute approximate surface area is 116 Å². The molecule has 0 aliphatic rings. The van der Waals surface area contributed by atoms with Crippen LogP contribution in [0.5, 0.6) is 0 Å². The molecule has 0 spiro atoms. The predicted molar refractivity (Wildman–Crippen MR) is 66.1 cm³/mol. The number of pyridine rings is 1. The summed E-state index contributed by atoms with van der Waals surface area (Å²) in [6.45, 7) is 2.64. The summed E-state index contributed by atoms with van der Waals surface area (Å²) in [5, 5.41) is 13.6. The molecule has 0 radical (unpaired) electrons. The molecule has 1 unspecified atom stereocenters. The van der Waals surface area contributed by atoms with E-state index in [0.29, 0.717) is 5.56 Å². The summed E-state index contributed by atoms with van der Waals surface area (Å²) < 4.78 is 4.75. The zero-order valence-corrected chi connectivity index (χ0v) is 11.2. The number of aliphatic carboxylic acids is 1. The molecular formula is C13H15N2O5-. The Morgan fingerprint density at radius 2 is 2.15 bits per heavy atom. The van der Waals surface area contributed by atoms with Crippen LogP contribution >= 0.6 is 0 Å². The number of carboxylic acids is 1. The Balaban J connectivity index is 3.18. The lowest BCUT2D eigenvalue weighted by atomic mass is 9.91. The molecule has 108 valence electrons. The molecule has 1 rings (SSSR count). The fourth-order valence-corrected chi connectivity index (χ4v) is 1.74. The van der Waals surface area contributed by atoms with Crippen molar-refractivity contribution in [2.24, 2.45) is 0 Å². The molecule has 0 saturated carbocycles. The van der Waals surface area contributed by atoms with Gasteiger partial charge in [-0.3, -0.25) is 9.78 Å². The lowest BCUT2D eigenvalue weighted by Gasteiger charge is -2.32. The van der Waals surface area contributed by atoms with Crippen molar-refractivity contribution in [2.45, 2.75) is 25.8 Å². The Morgan fingerprint density at radius 3 is 2.60 bits per heavy atom. The normalized spacial score (nSPS) is 13.1. The molecule has 1 aromatic heterocycles. The molecule has 1 aromatic rings. The maximum absolute atomic E-state index is 12.0. The van der Waals surface area contributed by atoms with E-state index in [1.165, 1.54) is 19.3 Å². The molecule has 0 saturated heterocycles. The van der Waals surface area contributed by atoms with E-state index in [1.807, 2.05) is 0 Å². The summed E-state index contributed by atoms with van der Waals surface area (Å²) in [5.41, 5.74) is -1.80. The number of esters is 1. The summed E-state index contributed by atoms with van der Waals surface area (Å²) in [7, 11) is 0. The van der Waals surface area contributed by atoms with Gasteiger partial charge in [0.05, 0.1) is 12.6 Å². The van der Waals surface area contributed by atoms with E-state index in [0.717, 1.165) is 6.92 Å². The van der Waals surface area contributed by atoms with Crippen LogP contribution in [0.4, 0.5) is 0 Å². The van der Waals surface area contributed by atoms with E-state index in [4.69, 9.17) is 4.74 Å². The summed E-state index contributed by atoms with van der Waals surface area (Å²) in [4.78, 5) is 38.5. The molecule has 0 bridgehead atoms. The van der Waals surface area contributed by atoms with Crippen molar-refractivity contribution in [2.75, 3.05) is 6.61 Å². The quantitative estimate of drug-likeness (QED) is 0.518. The van der Waals surface area contributed by atoms with Crippen LogP contribution < -0.4 is 10.4 Å². The first-order valence-electron chi connectivity index (χ1n) is 5.98. The molecular weight excluding hydrogens is 264 g/mol. The van der Waals surface area contributed by atoms with E-state index in [-0.39, 0.29) is 13.0 Å². The minimum Gasteiger partial charge on any atom is -0.547 e. The van der Waals surface area contributed by atoms with Gasteiger partial charge in [-0.05, 0) is 18.6 Å². The van der Waals surface area contributed by atoms with E-state index in [9.17, 15) is 19.5 Å². The maximum atomic E-state index is 12.0. The van der Waals surface area contributed by atoms with Gasteiger partial charge >= 0.3 is 5.97 Å². The largest absolute Gasteiger partial charge is 0.547 e. The van der Waals surface area contributed by atoms with Crippen molar-refractivity contribution in [1.82, 2.24) is 10.3 Å². The van der Waals surface area contributed by atoms with Crippen LogP contribution in [0.2, 0.25) is 0 Å². The highest BCUT2D eigenvalue weighted by Gasteiger charge is 2.43. The fraction of sp³-hybridized carbons (Fsp3) is 0.385. The first kappa shape index (κ1) is 15.6. The molecule has 0 fully saturated rings. The average molecular weight is 279 g/mol. The zero-order valence-electron chi connectivity index (χ0n) is 11.2. The lowest BCUT2D eigenvalue weighted by molar-refractivity contribution is -0.313. The molecule has 1 amide bonds. The second kappa shape index (κ2) is 6.65. The first-order chi connectivity index (χ1) is 9.42. The zero-order chi connectivity index (χ0) is 15.2. The summed E-state index contributed by atoms with van der Waals surface area (Å²) in [5.74, 6) is -3.47. The summed E-state index contributed by atoms with van der Waals surface area (Å²) in [6, 6.07) is 3.18. The van der Waals surface area contributed by atoms with Gasteiger partial charge < -0.3 is 20.0 Å². The van der Waals surface area contributed by atoms with Crippen molar-refractivity contribution in [3.8, 4) is 0 Å². The number of aromatic nitrogens is 1. The number of amides is 1. The van der Waals surface area contributed by atoms with Gasteiger partial charge in [0.2, 0.25) is 5.91 Å². The monoisotopic (exact) mass is 279 g/mol. The van der Waals surface area contributed by atoms with E-state index < -0.39 is 23.4 Å². The third kappa shape index (κ3) is 3.53. The molecule has 1 N–H and O–H groups in total. The number of nitrogens with one attached hydrogen (secondary N) is 1. The summed E-state index contributed by atoms with van der Waals surface area (Å²) >= 11 is 0. The molecule has 0 aliphatic carbocycles. The van der Waals surface area contributed by atoms with Crippen LogP contribution in [-0.2, 0) is 25.5 Å². The van der Waals surface area contributed by atoms with Crippen LogP contribution in [0.25, 0.3) is 0 Å². The molecule has 0 aliphatic heterocycles. The Bertz CT molecular complexity index is 503. The lowest BCUT2D eigenvalue weighted by Crippen LogP contribution is -2.66. The third-order valence-electron chi connectivity index (χ3n) is 2.55. The number of carboxylic acid groups (broad SMARTS) is 1. The second-order valence-electron chi connectivity index (χ2n) is 4.13. The van der Waals surface area contributed by atoms with E-state index in [1.54, 1.807) is 12.1 Å². The van der Waals surface area contributed by atoms with E-state index >= 15 is 0 Å². The van der Waals surface area contributed by atoms with Gasteiger partial charge in [0.1, 0.15) is 0 Å². The summed E-state index contributed by atoms with van der Waals surface area (Å²) in [6.07, 6.45) is 2.60. The van der Waals surface area contributed by atoms with Crippen LogP contribution in [0.15, 0.2) is 24.5 Å². The van der Waals surface area contributed by atoms with Crippen LogP contribution in [0.1, 0.15) is 19.4 Å². The van der Waals surface area contributed by atoms with Gasteiger partial charge in [-0.1, -0.05) is 6.07 Å². The van der Waals surface area contributed by atoms with Crippen molar-refractivity contribution < 1.29 is 24.2 Å². The van der Waals surface area contributed by atoms with Gasteiger partial charge in [0.15, 0.2) is 5.54 Å². The van der Waals surface area contributed by atoms with Gasteiger partial charge in [-0.15, -0.1) is 0 Å². The van der Waals surface area contributed by atoms with E-state index in [2.05, 4.69) is 10.3 Å². The molecule has 1 atom stereocenters. The van der Waals surface area contributed by atoms with Crippen molar-refractivity contribution >= 4 is 17.8 Å². The smallest absolute Gasteiger partial charge is 0.338 e. The predicted octanol–water partition coefficient (Wildman–Crippen LogP) is -1.19. The highest BCUT2D eigenvalue weighted by Crippen LogP contribution is 2.15. The van der Waals surface area contributed by atoms with Crippen LogP contribution in [-0.4, -0.2) is 35.0 Å². The standard InChI is InChI=1S/C13H16N2O5/c1-3-20-12(19)13(11(17)18,15-9(2)16)7-10-5-4-6-14-8-10/h4-6,8H,3,7H2,1-2H3,(H,15,16)(H,17,18)/p-1. The average Bonchev–Trinajstić information content (AvgIpc) is 2.38. The number of hydrogen-bond acceptors (Lipinski definition) is 6. The first-order valence-corrected chi connectivity index (χ1v) is 5.98. The van der Waals surface area contributed by atoms with Crippen LogP contribution in [0, 0.1) is 0 Å². The third-order valence-corrected chi connectivity index (χ3v) is 2.55. The molecule has 20 heavy (non-hydrogen) atoms. The van der Waals surface area contributed by atoms with Gasteiger partial charge in [0, 0.05) is 25.7 Å². The molecule has 7 nitrogen and oxygen atoms in total. The Morgan fingerprint density at radius 1 is 1.45 bits per heavy atom. The topological polar surface area (TPSA) is 108 Å². The minimum atomic E-state index is -2.26. The van der Waals surface area contributed by atoms with Crippen molar-refractivity contribution in [3.63, 3.8) is 0 Å². The van der Waals surface area contributed by atoms with Gasteiger partial charge in [-0.2, -0.15) is 0 Å². The van der Waals surface area contributed by atoms with Gasteiger partial charge in [0.25, 0.3) is 0 Å². The van der Waals surface area contributed by atoms with Crippen molar-refractivity contribution in [3.05, 3.63) is 30.1 Å². The number of rotatable bonds is 6. The number of nitrogens with zero attached hydrogens (tertiary/aromatic N) is 1. The highest BCUT2D eigenvalue weighted by molar-refractivity contribution is 6.06. The van der Waals surface area contributed by atoms with Crippen LogP contribution in [0.3, 0.4) is 0 Å². The Kier molecular flexibility index (Phi) is 5.19. The Hall–Kier alpha value is -2.44. The molecule has 0 aromatic carbocycles. The number of carbonyl (C=O) groups is 3. The number of carbonyl (C=O) groups excluding carboxylic acids is 3. The fourth-order valence-electron chi connectivity index (χ4n) is 1.74. The van der Waals surface area contributed by atoms with Gasteiger partial charge in [-0.25, -0.2) is 4.79 Å². The highest BCUT2D eigenvalue weighted by atomic mass is 16.5. The second-order valence-corrected chi connectivity index (χ2v) is 4.13. The maximum Gasteiger partial charge on any atom is 0.338 e. The number of ether oxygens (including phenoxy) is 1.